The fourth-order valence-electron chi connectivity index (χ4n) is 2.81. The van der Waals surface area contributed by atoms with Gasteiger partial charge >= 0.3 is 5.97 Å². The molecule has 0 spiro atoms. The highest BCUT2D eigenvalue weighted by atomic mass is 16.4. The Morgan fingerprint density at radius 3 is 3.06 bits per heavy atom. The van der Waals surface area contributed by atoms with Gasteiger partial charge in [0.1, 0.15) is 5.69 Å². The second kappa shape index (κ2) is 5.52. The van der Waals surface area contributed by atoms with Crippen molar-refractivity contribution < 1.29 is 9.90 Å². The van der Waals surface area contributed by atoms with Gasteiger partial charge in [0.2, 0.25) is 0 Å². The maximum absolute atomic E-state index is 11.0. The quantitative estimate of drug-likeness (QED) is 0.867. The molecule has 5 nitrogen and oxygen atoms in total. The Kier molecular flexibility index (Phi) is 4.01. The molecule has 0 aliphatic carbocycles. The fourth-order valence-corrected chi connectivity index (χ4v) is 2.81. The van der Waals surface area contributed by atoms with Crippen LogP contribution in [-0.2, 0) is 6.54 Å². The molecule has 0 radical (unpaired) electrons. The molecule has 2 rings (SSSR count). The lowest BCUT2D eigenvalue weighted by molar-refractivity contribution is 0.0682. The summed E-state index contributed by atoms with van der Waals surface area (Å²) in [6.07, 6.45) is 4.98. The van der Waals surface area contributed by atoms with Crippen molar-refractivity contribution in [2.24, 2.45) is 0 Å². The van der Waals surface area contributed by atoms with Gasteiger partial charge in [-0.25, -0.2) is 4.79 Å². The molecule has 1 atom stereocenters. The Balaban J connectivity index is 1.95. The van der Waals surface area contributed by atoms with Gasteiger partial charge in [0.05, 0.1) is 0 Å². The SMILES string of the molecule is CC(C)N1CCC[C@H]1CCn1nccc1C(=O)O. The lowest BCUT2D eigenvalue weighted by Crippen LogP contribution is -2.36. The summed E-state index contributed by atoms with van der Waals surface area (Å²) in [6, 6.07) is 2.68. The highest BCUT2D eigenvalue weighted by molar-refractivity contribution is 5.85. The summed E-state index contributed by atoms with van der Waals surface area (Å²) in [5.41, 5.74) is 0.282. The first-order valence-electron chi connectivity index (χ1n) is 6.60. The molecule has 1 saturated heterocycles. The molecule has 1 fully saturated rings. The fraction of sp³-hybridized carbons (Fsp3) is 0.692. The zero-order valence-corrected chi connectivity index (χ0v) is 11.0. The first kappa shape index (κ1) is 13.1. The predicted molar refractivity (Wildman–Crippen MR) is 68.7 cm³/mol. The Morgan fingerprint density at radius 1 is 1.61 bits per heavy atom. The van der Waals surface area contributed by atoms with E-state index in [-0.39, 0.29) is 5.69 Å². The first-order chi connectivity index (χ1) is 8.59. The summed E-state index contributed by atoms with van der Waals surface area (Å²) in [5.74, 6) is -0.903. The summed E-state index contributed by atoms with van der Waals surface area (Å²) >= 11 is 0. The first-order valence-corrected chi connectivity index (χ1v) is 6.60. The number of hydrogen-bond donors (Lipinski definition) is 1. The molecule has 1 aliphatic rings. The largest absolute Gasteiger partial charge is 0.477 e. The summed E-state index contributed by atoms with van der Waals surface area (Å²) in [5, 5.41) is 13.1. The molecule has 1 aliphatic heterocycles. The van der Waals surface area contributed by atoms with Crippen LogP contribution in [0.5, 0.6) is 0 Å². The molecule has 0 unspecified atom stereocenters. The zero-order valence-electron chi connectivity index (χ0n) is 11.0. The van der Waals surface area contributed by atoms with Gasteiger partial charge in [0.15, 0.2) is 0 Å². The van der Waals surface area contributed by atoms with E-state index in [2.05, 4.69) is 23.8 Å². The van der Waals surface area contributed by atoms with Crippen molar-refractivity contribution in [3.8, 4) is 0 Å². The van der Waals surface area contributed by atoms with Gasteiger partial charge in [-0.1, -0.05) is 0 Å². The van der Waals surface area contributed by atoms with Crippen LogP contribution in [0.1, 0.15) is 43.6 Å². The number of likely N-dealkylation sites (tertiary alicyclic amines) is 1. The summed E-state index contributed by atoms with van der Waals surface area (Å²) < 4.78 is 1.60. The molecule has 0 amide bonds. The highest BCUT2D eigenvalue weighted by Gasteiger charge is 2.26. The molecule has 100 valence electrons. The minimum Gasteiger partial charge on any atom is -0.477 e. The molecule has 0 bridgehead atoms. The van der Waals surface area contributed by atoms with Crippen molar-refractivity contribution in [2.45, 2.75) is 51.7 Å². The number of hydrogen-bond acceptors (Lipinski definition) is 3. The average Bonchev–Trinajstić information content (AvgIpc) is 2.94. The number of carbonyl (C=O) groups is 1. The van der Waals surface area contributed by atoms with E-state index in [1.54, 1.807) is 16.9 Å². The predicted octanol–water partition coefficient (Wildman–Crippen LogP) is 1.84. The molecular weight excluding hydrogens is 230 g/mol. The van der Waals surface area contributed by atoms with Gasteiger partial charge in [0, 0.05) is 24.8 Å². The molecule has 18 heavy (non-hydrogen) atoms. The number of carboxylic acids is 1. The summed E-state index contributed by atoms with van der Waals surface area (Å²) in [4.78, 5) is 13.5. The van der Waals surface area contributed by atoms with Crippen molar-refractivity contribution in [1.82, 2.24) is 14.7 Å². The van der Waals surface area contributed by atoms with Gasteiger partial charge in [-0.3, -0.25) is 9.58 Å². The van der Waals surface area contributed by atoms with E-state index in [1.165, 1.54) is 12.8 Å². The Bertz CT molecular complexity index is 414. The molecule has 0 aromatic carbocycles. The maximum Gasteiger partial charge on any atom is 0.354 e. The van der Waals surface area contributed by atoms with Crippen LogP contribution in [-0.4, -0.2) is 44.4 Å². The van der Waals surface area contributed by atoms with Crippen molar-refractivity contribution in [3.63, 3.8) is 0 Å². The van der Waals surface area contributed by atoms with Gasteiger partial charge in [-0.15, -0.1) is 0 Å². The molecule has 1 aromatic rings. The van der Waals surface area contributed by atoms with Gasteiger partial charge in [-0.05, 0) is 45.7 Å². The van der Waals surface area contributed by atoms with E-state index in [4.69, 9.17) is 5.11 Å². The topological polar surface area (TPSA) is 58.4 Å². The average molecular weight is 251 g/mol. The minimum absolute atomic E-state index is 0.282. The van der Waals surface area contributed by atoms with Crippen LogP contribution in [0, 0.1) is 0 Å². The van der Waals surface area contributed by atoms with Crippen molar-refractivity contribution in [2.75, 3.05) is 6.54 Å². The van der Waals surface area contributed by atoms with Crippen LogP contribution >= 0.6 is 0 Å². The highest BCUT2D eigenvalue weighted by Crippen LogP contribution is 2.23. The van der Waals surface area contributed by atoms with E-state index in [1.807, 2.05) is 0 Å². The Hall–Kier alpha value is -1.36. The molecule has 0 saturated carbocycles. The van der Waals surface area contributed by atoms with E-state index in [0.29, 0.717) is 18.6 Å². The van der Waals surface area contributed by atoms with Gasteiger partial charge in [0.25, 0.3) is 0 Å². The lowest BCUT2D eigenvalue weighted by atomic mass is 10.1. The Labute approximate surface area is 107 Å². The van der Waals surface area contributed by atoms with Crippen LogP contribution in [0.4, 0.5) is 0 Å². The monoisotopic (exact) mass is 251 g/mol. The summed E-state index contributed by atoms with van der Waals surface area (Å²) in [6.45, 7) is 6.28. The van der Waals surface area contributed by atoms with E-state index >= 15 is 0 Å². The second-order valence-corrected chi connectivity index (χ2v) is 5.16. The van der Waals surface area contributed by atoms with Gasteiger partial charge < -0.3 is 5.11 Å². The lowest BCUT2D eigenvalue weighted by Gasteiger charge is -2.28. The third-order valence-electron chi connectivity index (χ3n) is 3.70. The van der Waals surface area contributed by atoms with Crippen molar-refractivity contribution >= 4 is 5.97 Å². The van der Waals surface area contributed by atoms with Crippen LogP contribution < -0.4 is 0 Å². The standard InChI is InChI=1S/C13H21N3O2/c1-10(2)15-8-3-4-11(15)6-9-16-12(13(17)18)5-7-14-16/h5,7,10-11H,3-4,6,8-9H2,1-2H3,(H,17,18)/t11-/m0/s1. The second-order valence-electron chi connectivity index (χ2n) is 5.16. The number of carboxylic acid groups (broad SMARTS) is 1. The normalized spacial score (nSPS) is 20.7. The number of aromatic nitrogens is 2. The number of nitrogens with zero attached hydrogens (tertiary/aromatic N) is 3. The van der Waals surface area contributed by atoms with E-state index in [9.17, 15) is 4.79 Å². The molecule has 1 aromatic heterocycles. The molecular formula is C13H21N3O2. The molecule has 1 N–H and O–H groups in total. The van der Waals surface area contributed by atoms with Crippen LogP contribution in [0.3, 0.4) is 0 Å². The molecule has 5 heteroatoms. The zero-order chi connectivity index (χ0) is 13.1. The third-order valence-corrected chi connectivity index (χ3v) is 3.70. The van der Waals surface area contributed by atoms with E-state index in [0.717, 1.165) is 13.0 Å². The van der Waals surface area contributed by atoms with Crippen molar-refractivity contribution in [1.29, 1.82) is 0 Å². The minimum atomic E-state index is -0.903. The molecule has 2 heterocycles. The van der Waals surface area contributed by atoms with Crippen LogP contribution in [0.2, 0.25) is 0 Å². The van der Waals surface area contributed by atoms with Crippen molar-refractivity contribution in [3.05, 3.63) is 18.0 Å². The third kappa shape index (κ3) is 2.72. The van der Waals surface area contributed by atoms with E-state index < -0.39 is 5.97 Å². The number of aromatic carboxylic acids is 1. The number of rotatable bonds is 5. The maximum atomic E-state index is 11.0. The summed E-state index contributed by atoms with van der Waals surface area (Å²) in [7, 11) is 0. The smallest absolute Gasteiger partial charge is 0.354 e. The van der Waals surface area contributed by atoms with Crippen LogP contribution in [0.25, 0.3) is 0 Å². The van der Waals surface area contributed by atoms with Crippen LogP contribution in [0.15, 0.2) is 12.3 Å². The number of aryl methyl sites for hydroxylation is 1. The van der Waals surface area contributed by atoms with Gasteiger partial charge in [-0.2, -0.15) is 5.10 Å². The Morgan fingerprint density at radius 2 is 2.39 bits per heavy atom.